The Hall–Kier alpha value is -0.870. The molecule has 1 N–H and O–H groups in total. The van der Waals surface area contributed by atoms with Crippen LogP contribution in [-0.2, 0) is 0 Å². The normalized spacial score (nSPS) is 10.9. The minimum atomic E-state index is -0.431. The molecule has 0 aromatic heterocycles. The van der Waals surface area contributed by atoms with Gasteiger partial charge in [-0.05, 0) is 12.1 Å². The molecule has 2 nitrogen and oxygen atoms in total. The Morgan fingerprint density at radius 3 is 2.86 bits per heavy atom. The molecule has 0 atom stereocenters. The molecule has 0 heterocycles. The first kappa shape index (κ1) is 11.2. The first-order valence-corrected chi connectivity index (χ1v) is 4.78. The molecule has 0 amide bonds. The lowest BCUT2D eigenvalue weighted by atomic mass is 10.2. The second kappa shape index (κ2) is 5.12. The lowest BCUT2D eigenvalue weighted by molar-refractivity contribution is 0.343. The molecule has 1 rings (SSSR count). The second-order valence-electron chi connectivity index (χ2n) is 2.60. The highest BCUT2D eigenvalue weighted by Gasteiger charge is 2.08. The highest BCUT2D eigenvalue weighted by molar-refractivity contribution is 9.10. The zero-order valence-electron chi connectivity index (χ0n) is 7.63. The van der Waals surface area contributed by atoms with Crippen molar-refractivity contribution in [3.63, 3.8) is 0 Å². The van der Waals surface area contributed by atoms with Crippen LogP contribution in [0.3, 0.4) is 0 Å². The largest absolute Gasteiger partial charge is 0.493 e. The van der Waals surface area contributed by atoms with Gasteiger partial charge < -0.3 is 9.84 Å². The molecule has 0 aliphatic rings. The fourth-order valence-electron chi connectivity index (χ4n) is 1.10. The van der Waals surface area contributed by atoms with Crippen LogP contribution in [0.4, 0.5) is 4.39 Å². The minimum absolute atomic E-state index is 0.0860. The van der Waals surface area contributed by atoms with E-state index in [0.29, 0.717) is 10.0 Å². The third-order valence-corrected chi connectivity index (χ3v) is 2.10. The number of hydrogen-bond acceptors (Lipinski definition) is 2. The summed E-state index contributed by atoms with van der Waals surface area (Å²) >= 11 is 3.18. The Morgan fingerprint density at radius 2 is 2.29 bits per heavy atom. The molecule has 0 aliphatic heterocycles. The molecular weight excluding hydrogens is 251 g/mol. The van der Waals surface area contributed by atoms with Crippen LogP contribution in [0.5, 0.6) is 5.75 Å². The van der Waals surface area contributed by atoms with Crippen molar-refractivity contribution in [1.29, 1.82) is 0 Å². The Morgan fingerprint density at radius 1 is 1.57 bits per heavy atom. The average molecular weight is 261 g/mol. The van der Waals surface area contributed by atoms with Crippen molar-refractivity contribution in [2.75, 3.05) is 13.7 Å². The monoisotopic (exact) mass is 260 g/mol. The van der Waals surface area contributed by atoms with Crippen molar-refractivity contribution >= 4 is 22.0 Å². The van der Waals surface area contributed by atoms with Crippen LogP contribution in [0, 0.1) is 5.82 Å². The SMILES string of the molecule is COc1c(F)cc(Br)cc1/C=C/CO. The summed E-state index contributed by atoms with van der Waals surface area (Å²) in [5, 5.41) is 8.60. The summed E-state index contributed by atoms with van der Waals surface area (Å²) in [6.07, 6.45) is 3.12. The van der Waals surface area contributed by atoms with Gasteiger partial charge >= 0.3 is 0 Å². The van der Waals surface area contributed by atoms with E-state index >= 15 is 0 Å². The van der Waals surface area contributed by atoms with E-state index in [0.717, 1.165) is 0 Å². The number of benzene rings is 1. The molecule has 0 bridgehead atoms. The molecular formula is C10H10BrFO2. The van der Waals surface area contributed by atoms with Crippen LogP contribution >= 0.6 is 15.9 Å². The fourth-order valence-corrected chi connectivity index (χ4v) is 1.55. The average Bonchev–Trinajstić information content (AvgIpc) is 2.14. The van der Waals surface area contributed by atoms with E-state index in [9.17, 15) is 4.39 Å². The van der Waals surface area contributed by atoms with E-state index in [4.69, 9.17) is 9.84 Å². The molecule has 14 heavy (non-hydrogen) atoms. The Bertz CT molecular complexity index is 350. The molecule has 0 radical (unpaired) electrons. The summed E-state index contributed by atoms with van der Waals surface area (Å²) in [7, 11) is 1.41. The van der Waals surface area contributed by atoms with E-state index in [1.54, 1.807) is 12.1 Å². The van der Waals surface area contributed by atoms with Gasteiger partial charge in [0, 0.05) is 10.0 Å². The zero-order chi connectivity index (χ0) is 10.6. The van der Waals surface area contributed by atoms with Gasteiger partial charge in [-0.2, -0.15) is 0 Å². The maximum atomic E-state index is 13.3. The van der Waals surface area contributed by atoms with Gasteiger partial charge in [0.25, 0.3) is 0 Å². The fraction of sp³-hybridized carbons (Fsp3) is 0.200. The van der Waals surface area contributed by atoms with Gasteiger partial charge in [-0.15, -0.1) is 0 Å². The number of aliphatic hydroxyl groups excluding tert-OH is 1. The predicted molar refractivity (Wildman–Crippen MR) is 56.8 cm³/mol. The van der Waals surface area contributed by atoms with Crippen molar-refractivity contribution in [3.8, 4) is 5.75 Å². The van der Waals surface area contributed by atoms with Crippen molar-refractivity contribution < 1.29 is 14.2 Å². The summed E-state index contributed by atoms with van der Waals surface area (Å²) < 4.78 is 18.8. The molecule has 0 saturated heterocycles. The highest BCUT2D eigenvalue weighted by atomic mass is 79.9. The van der Waals surface area contributed by atoms with Gasteiger partial charge in [-0.3, -0.25) is 0 Å². The minimum Gasteiger partial charge on any atom is -0.493 e. The van der Waals surface area contributed by atoms with Crippen molar-refractivity contribution in [1.82, 2.24) is 0 Å². The van der Waals surface area contributed by atoms with Crippen LogP contribution < -0.4 is 4.74 Å². The molecule has 76 valence electrons. The Kier molecular flexibility index (Phi) is 4.10. The lowest BCUT2D eigenvalue weighted by Crippen LogP contribution is -1.92. The third-order valence-electron chi connectivity index (χ3n) is 1.64. The summed E-state index contributed by atoms with van der Waals surface area (Å²) in [6.45, 7) is -0.0860. The van der Waals surface area contributed by atoms with Crippen LogP contribution in [0.25, 0.3) is 6.08 Å². The summed E-state index contributed by atoms with van der Waals surface area (Å²) in [6, 6.07) is 3.04. The molecule has 0 aliphatic carbocycles. The number of rotatable bonds is 3. The van der Waals surface area contributed by atoms with E-state index < -0.39 is 5.82 Å². The maximum Gasteiger partial charge on any atom is 0.166 e. The van der Waals surface area contributed by atoms with Crippen LogP contribution in [0.15, 0.2) is 22.7 Å². The van der Waals surface area contributed by atoms with Crippen molar-refractivity contribution in [2.24, 2.45) is 0 Å². The van der Waals surface area contributed by atoms with Crippen molar-refractivity contribution in [3.05, 3.63) is 34.1 Å². The molecule has 0 fully saturated rings. The molecule has 1 aromatic rings. The van der Waals surface area contributed by atoms with E-state index in [2.05, 4.69) is 15.9 Å². The number of methoxy groups -OCH3 is 1. The van der Waals surface area contributed by atoms with E-state index in [-0.39, 0.29) is 12.4 Å². The van der Waals surface area contributed by atoms with Gasteiger partial charge in [0.15, 0.2) is 11.6 Å². The van der Waals surface area contributed by atoms with Crippen LogP contribution in [0.2, 0.25) is 0 Å². The summed E-state index contributed by atoms with van der Waals surface area (Å²) in [5.41, 5.74) is 0.591. The molecule has 0 spiro atoms. The van der Waals surface area contributed by atoms with Gasteiger partial charge in [0.1, 0.15) is 0 Å². The predicted octanol–water partition coefficient (Wildman–Crippen LogP) is 2.60. The van der Waals surface area contributed by atoms with Gasteiger partial charge in [0.2, 0.25) is 0 Å². The van der Waals surface area contributed by atoms with E-state index in [1.807, 2.05) is 0 Å². The zero-order valence-corrected chi connectivity index (χ0v) is 9.21. The Labute approximate surface area is 90.1 Å². The molecule has 0 unspecified atom stereocenters. The number of aliphatic hydroxyl groups is 1. The van der Waals surface area contributed by atoms with Gasteiger partial charge in [-0.25, -0.2) is 4.39 Å². The standard InChI is InChI=1S/C10H10BrFO2/c1-14-10-7(3-2-4-13)5-8(11)6-9(10)12/h2-3,5-6,13H,4H2,1H3/b3-2+. The number of halogens is 2. The van der Waals surface area contributed by atoms with E-state index in [1.165, 1.54) is 19.3 Å². The maximum absolute atomic E-state index is 13.3. The summed E-state index contributed by atoms with van der Waals surface area (Å²) in [5.74, 6) is -0.252. The quantitative estimate of drug-likeness (QED) is 0.906. The molecule has 0 saturated carbocycles. The molecule has 1 aromatic carbocycles. The number of hydrogen-bond donors (Lipinski definition) is 1. The number of ether oxygens (including phenoxy) is 1. The van der Waals surface area contributed by atoms with Gasteiger partial charge in [-0.1, -0.05) is 28.1 Å². The Balaban J connectivity index is 3.18. The van der Waals surface area contributed by atoms with Crippen molar-refractivity contribution in [2.45, 2.75) is 0 Å². The summed E-state index contributed by atoms with van der Waals surface area (Å²) in [4.78, 5) is 0. The smallest absolute Gasteiger partial charge is 0.166 e. The third kappa shape index (κ3) is 2.56. The van der Waals surface area contributed by atoms with Gasteiger partial charge in [0.05, 0.1) is 13.7 Å². The first-order chi connectivity index (χ1) is 6.69. The van der Waals surface area contributed by atoms with Crippen LogP contribution in [-0.4, -0.2) is 18.8 Å². The lowest BCUT2D eigenvalue weighted by Gasteiger charge is -2.06. The topological polar surface area (TPSA) is 29.5 Å². The highest BCUT2D eigenvalue weighted by Crippen LogP contribution is 2.27. The van der Waals surface area contributed by atoms with Crippen LogP contribution in [0.1, 0.15) is 5.56 Å². The first-order valence-electron chi connectivity index (χ1n) is 3.99. The molecule has 4 heteroatoms. The second-order valence-corrected chi connectivity index (χ2v) is 3.51.